The number of likely N-dealkylation sites (N-methyl/N-ethyl adjacent to an activating group) is 1. The number of hydrogen-bond donors (Lipinski definition) is 1. The number of halogens is 1. The lowest BCUT2D eigenvalue weighted by molar-refractivity contribution is -0.121. The minimum atomic E-state index is -3.72. The van der Waals surface area contributed by atoms with Gasteiger partial charge in [0.2, 0.25) is 15.9 Å². The number of sulfonamides is 1. The first-order valence-corrected chi connectivity index (χ1v) is 8.50. The summed E-state index contributed by atoms with van der Waals surface area (Å²) in [6.07, 6.45) is 0. The molecule has 0 atom stereocenters. The second kappa shape index (κ2) is 7.88. The molecule has 0 spiro atoms. The quantitative estimate of drug-likeness (QED) is 0.721. The number of methoxy groups -OCH3 is 1. The summed E-state index contributed by atoms with van der Waals surface area (Å²) in [4.78, 5) is 11.8. The van der Waals surface area contributed by atoms with E-state index in [4.69, 9.17) is 4.74 Å². The van der Waals surface area contributed by atoms with Crippen LogP contribution in [0.2, 0.25) is 0 Å². The molecule has 118 valence electrons. The van der Waals surface area contributed by atoms with Crippen molar-refractivity contribution in [3.8, 4) is 0 Å². The highest BCUT2D eigenvalue weighted by Crippen LogP contribution is 2.25. The van der Waals surface area contributed by atoms with Gasteiger partial charge >= 0.3 is 0 Å². The highest BCUT2D eigenvalue weighted by molar-refractivity contribution is 9.10. The third kappa shape index (κ3) is 5.06. The lowest BCUT2D eigenvalue weighted by atomic mass is 10.2. The van der Waals surface area contributed by atoms with Crippen LogP contribution in [0.25, 0.3) is 0 Å². The summed E-state index contributed by atoms with van der Waals surface area (Å²) >= 11 is 3.25. The summed E-state index contributed by atoms with van der Waals surface area (Å²) in [6.45, 7) is 2.35. The number of ether oxygens (including phenoxy) is 1. The van der Waals surface area contributed by atoms with Gasteiger partial charge in [0.1, 0.15) is 0 Å². The molecule has 1 rings (SSSR count). The van der Waals surface area contributed by atoms with Crippen LogP contribution in [0.5, 0.6) is 0 Å². The van der Waals surface area contributed by atoms with Crippen molar-refractivity contribution >= 4 is 31.9 Å². The molecule has 0 aromatic heterocycles. The zero-order valence-corrected chi connectivity index (χ0v) is 14.6. The summed E-state index contributed by atoms with van der Waals surface area (Å²) in [7, 11) is -0.820. The normalized spacial score (nSPS) is 11.7. The van der Waals surface area contributed by atoms with Crippen molar-refractivity contribution in [2.75, 3.05) is 33.9 Å². The Morgan fingerprint density at radius 1 is 1.43 bits per heavy atom. The Balaban J connectivity index is 2.80. The fraction of sp³-hybridized carbons (Fsp3) is 0.462. The van der Waals surface area contributed by atoms with Crippen LogP contribution in [-0.2, 0) is 19.6 Å². The molecule has 0 bridgehead atoms. The first-order valence-electron chi connectivity index (χ1n) is 6.27. The molecule has 0 radical (unpaired) electrons. The Bertz CT molecular complexity index is 604. The molecular weight excluding hydrogens is 360 g/mol. The third-order valence-corrected chi connectivity index (χ3v) is 5.55. The maximum atomic E-state index is 12.4. The number of carbonyl (C=O) groups is 1. The van der Waals surface area contributed by atoms with E-state index in [0.29, 0.717) is 17.6 Å². The van der Waals surface area contributed by atoms with E-state index in [-0.39, 0.29) is 17.3 Å². The zero-order valence-electron chi connectivity index (χ0n) is 12.2. The molecule has 0 unspecified atom stereocenters. The molecule has 1 amide bonds. The molecule has 0 aliphatic heterocycles. The van der Waals surface area contributed by atoms with Crippen molar-refractivity contribution in [1.29, 1.82) is 0 Å². The molecule has 1 N–H and O–H groups in total. The standard InChI is InChI=1S/C13H19BrN2O4S/c1-10-4-5-12(11(14)8-10)21(18,19)16(2)9-13(17)15-6-7-20-3/h4-5,8H,6-7,9H2,1-3H3,(H,15,17). The molecule has 0 fully saturated rings. The van der Waals surface area contributed by atoms with Gasteiger partial charge < -0.3 is 10.1 Å². The minimum Gasteiger partial charge on any atom is -0.383 e. The van der Waals surface area contributed by atoms with Gasteiger partial charge in [0.25, 0.3) is 0 Å². The molecule has 1 aromatic rings. The highest BCUT2D eigenvalue weighted by Gasteiger charge is 2.25. The molecular formula is C13H19BrN2O4S. The van der Waals surface area contributed by atoms with Crippen molar-refractivity contribution in [2.45, 2.75) is 11.8 Å². The highest BCUT2D eigenvalue weighted by atomic mass is 79.9. The molecule has 6 nitrogen and oxygen atoms in total. The summed E-state index contributed by atoms with van der Waals surface area (Å²) < 4.78 is 31.1. The summed E-state index contributed by atoms with van der Waals surface area (Å²) in [5.74, 6) is -0.374. The second-order valence-electron chi connectivity index (χ2n) is 4.54. The number of hydrogen-bond acceptors (Lipinski definition) is 4. The van der Waals surface area contributed by atoms with Crippen molar-refractivity contribution in [1.82, 2.24) is 9.62 Å². The van der Waals surface area contributed by atoms with E-state index < -0.39 is 10.0 Å². The summed E-state index contributed by atoms with van der Waals surface area (Å²) in [5.41, 5.74) is 0.945. The fourth-order valence-electron chi connectivity index (χ4n) is 1.62. The van der Waals surface area contributed by atoms with Gasteiger partial charge in [0.05, 0.1) is 18.0 Å². The molecule has 0 aliphatic rings. The molecule has 21 heavy (non-hydrogen) atoms. The van der Waals surface area contributed by atoms with E-state index >= 15 is 0 Å². The second-order valence-corrected chi connectivity index (χ2v) is 7.41. The van der Waals surface area contributed by atoms with E-state index in [1.54, 1.807) is 12.1 Å². The predicted octanol–water partition coefficient (Wildman–Crippen LogP) is 1.14. The molecule has 0 aliphatic carbocycles. The van der Waals surface area contributed by atoms with Gasteiger partial charge in [0, 0.05) is 25.2 Å². The Hall–Kier alpha value is -0.960. The van der Waals surface area contributed by atoms with Crippen LogP contribution in [-0.4, -0.2) is 52.5 Å². The van der Waals surface area contributed by atoms with Gasteiger partial charge in [-0.1, -0.05) is 6.07 Å². The fourth-order valence-corrected chi connectivity index (χ4v) is 3.89. The minimum absolute atomic E-state index is 0.139. The van der Waals surface area contributed by atoms with Crippen LogP contribution in [0.1, 0.15) is 5.56 Å². The van der Waals surface area contributed by atoms with Gasteiger partial charge in [-0.15, -0.1) is 0 Å². The summed E-state index contributed by atoms with van der Waals surface area (Å²) in [6, 6.07) is 4.96. The van der Waals surface area contributed by atoms with Crippen LogP contribution in [0.4, 0.5) is 0 Å². The monoisotopic (exact) mass is 378 g/mol. The van der Waals surface area contributed by atoms with Crippen molar-refractivity contribution in [3.05, 3.63) is 28.2 Å². The Kier molecular flexibility index (Phi) is 6.79. The maximum absolute atomic E-state index is 12.4. The summed E-state index contributed by atoms with van der Waals surface area (Å²) in [5, 5.41) is 2.58. The van der Waals surface area contributed by atoms with Gasteiger partial charge in [-0.25, -0.2) is 8.42 Å². The van der Waals surface area contributed by atoms with Gasteiger partial charge in [-0.2, -0.15) is 4.31 Å². The topological polar surface area (TPSA) is 75.7 Å². The zero-order chi connectivity index (χ0) is 16.0. The number of rotatable bonds is 7. The number of nitrogens with zero attached hydrogens (tertiary/aromatic N) is 1. The maximum Gasteiger partial charge on any atom is 0.244 e. The molecule has 0 saturated heterocycles. The SMILES string of the molecule is COCCNC(=O)CN(C)S(=O)(=O)c1ccc(C)cc1Br. The van der Waals surface area contributed by atoms with Crippen LogP contribution >= 0.6 is 15.9 Å². The van der Waals surface area contributed by atoms with Gasteiger partial charge in [-0.05, 0) is 40.5 Å². The smallest absolute Gasteiger partial charge is 0.244 e. The van der Waals surface area contributed by atoms with Crippen molar-refractivity contribution in [2.24, 2.45) is 0 Å². The first-order chi connectivity index (χ1) is 9.78. The van der Waals surface area contributed by atoms with Crippen molar-refractivity contribution in [3.63, 3.8) is 0 Å². The van der Waals surface area contributed by atoms with Crippen LogP contribution in [0.3, 0.4) is 0 Å². The lowest BCUT2D eigenvalue weighted by Crippen LogP contribution is -2.39. The van der Waals surface area contributed by atoms with E-state index in [9.17, 15) is 13.2 Å². The van der Waals surface area contributed by atoms with E-state index in [1.807, 2.05) is 6.92 Å². The Morgan fingerprint density at radius 3 is 2.67 bits per heavy atom. The molecule has 8 heteroatoms. The number of amides is 1. The number of carbonyl (C=O) groups excluding carboxylic acids is 1. The average molecular weight is 379 g/mol. The molecule has 0 heterocycles. The van der Waals surface area contributed by atoms with E-state index in [0.717, 1.165) is 9.87 Å². The number of nitrogens with one attached hydrogen (secondary N) is 1. The van der Waals surface area contributed by atoms with E-state index in [1.165, 1.54) is 20.2 Å². The van der Waals surface area contributed by atoms with Crippen molar-refractivity contribution < 1.29 is 17.9 Å². The van der Waals surface area contributed by atoms with Gasteiger partial charge in [0.15, 0.2) is 0 Å². The largest absolute Gasteiger partial charge is 0.383 e. The Morgan fingerprint density at radius 2 is 2.10 bits per heavy atom. The van der Waals surface area contributed by atoms with Gasteiger partial charge in [-0.3, -0.25) is 4.79 Å². The first kappa shape index (κ1) is 18.1. The molecule has 1 aromatic carbocycles. The lowest BCUT2D eigenvalue weighted by Gasteiger charge is -2.18. The van der Waals surface area contributed by atoms with Crippen LogP contribution in [0, 0.1) is 6.92 Å². The van der Waals surface area contributed by atoms with E-state index in [2.05, 4.69) is 21.2 Å². The predicted molar refractivity (Wildman–Crippen MR) is 83.6 cm³/mol. The van der Waals surface area contributed by atoms with Crippen LogP contribution in [0.15, 0.2) is 27.6 Å². The average Bonchev–Trinajstić information content (AvgIpc) is 2.38. The number of benzene rings is 1. The Labute approximate surface area is 133 Å². The van der Waals surface area contributed by atoms with Crippen LogP contribution < -0.4 is 5.32 Å². The number of aryl methyl sites for hydroxylation is 1. The molecule has 0 saturated carbocycles. The third-order valence-electron chi connectivity index (χ3n) is 2.77.